The van der Waals surface area contributed by atoms with E-state index in [9.17, 15) is 0 Å². The lowest BCUT2D eigenvalue weighted by atomic mass is 10.2. The third-order valence-electron chi connectivity index (χ3n) is 3.92. The zero-order chi connectivity index (χ0) is 17.0. The lowest BCUT2D eigenvalue weighted by Crippen LogP contribution is -2.39. The Kier molecular flexibility index (Phi) is 8.76. The van der Waals surface area contributed by atoms with Crippen LogP contribution in [0.5, 0.6) is 0 Å². The minimum absolute atomic E-state index is 0.713. The minimum Gasteiger partial charge on any atom is -0.378 e. The summed E-state index contributed by atoms with van der Waals surface area (Å²) in [4.78, 5) is 11.2. The van der Waals surface area contributed by atoms with Crippen LogP contribution >= 0.6 is 11.8 Å². The standard InChI is InChI=1S/C17H29N5OS/c1-18-17(20-7-3-4-13-24-2)21-14-15-6-5-8-19-16(15)22-9-11-23-12-10-22/h5-6,8H,3-4,7,9-14H2,1-2H3,(H2,18,20,21). The Morgan fingerprint density at radius 3 is 2.92 bits per heavy atom. The van der Waals surface area contributed by atoms with E-state index in [2.05, 4.69) is 37.8 Å². The summed E-state index contributed by atoms with van der Waals surface area (Å²) in [5.74, 6) is 3.10. The number of anilines is 1. The molecule has 0 amide bonds. The lowest BCUT2D eigenvalue weighted by Gasteiger charge is -2.29. The molecule has 134 valence electrons. The Morgan fingerprint density at radius 2 is 2.17 bits per heavy atom. The summed E-state index contributed by atoms with van der Waals surface area (Å²) in [7, 11) is 1.81. The molecule has 0 spiro atoms. The van der Waals surface area contributed by atoms with Gasteiger partial charge in [-0.15, -0.1) is 0 Å². The van der Waals surface area contributed by atoms with Crippen LogP contribution in [0.15, 0.2) is 23.3 Å². The highest BCUT2D eigenvalue weighted by Gasteiger charge is 2.15. The molecule has 0 atom stereocenters. The highest BCUT2D eigenvalue weighted by Crippen LogP contribution is 2.18. The number of aromatic nitrogens is 1. The number of ether oxygens (including phenoxy) is 1. The van der Waals surface area contributed by atoms with E-state index < -0.39 is 0 Å². The zero-order valence-corrected chi connectivity index (χ0v) is 15.6. The second kappa shape index (κ2) is 11.1. The Morgan fingerprint density at radius 1 is 1.33 bits per heavy atom. The molecule has 1 aliphatic heterocycles. The summed E-state index contributed by atoms with van der Waals surface area (Å²) < 4.78 is 5.43. The third-order valence-corrected chi connectivity index (χ3v) is 4.61. The van der Waals surface area contributed by atoms with Crippen LogP contribution in [0, 0.1) is 0 Å². The maximum absolute atomic E-state index is 5.43. The molecule has 0 bridgehead atoms. The summed E-state index contributed by atoms with van der Waals surface area (Å²) >= 11 is 1.89. The van der Waals surface area contributed by atoms with Crippen molar-refractivity contribution in [1.29, 1.82) is 0 Å². The molecule has 24 heavy (non-hydrogen) atoms. The molecular formula is C17H29N5OS. The predicted octanol–water partition coefficient (Wildman–Crippen LogP) is 1.73. The Bertz CT molecular complexity index is 506. The van der Waals surface area contributed by atoms with E-state index in [0.29, 0.717) is 6.54 Å². The van der Waals surface area contributed by atoms with Crippen LogP contribution in [0.4, 0.5) is 5.82 Å². The number of nitrogens with one attached hydrogen (secondary N) is 2. The van der Waals surface area contributed by atoms with E-state index in [1.807, 2.05) is 31.1 Å². The van der Waals surface area contributed by atoms with Crippen LogP contribution in [-0.2, 0) is 11.3 Å². The minimum atomic E-state index is 0.713. The summed E-state index contributed by atoms with van der Waals surface area (Å²) in [5.41, 5.74) is 1.18. The second-order valence-electron chi connectivity index (χ2n) is 5.64. The smallest absolute Gasteiger partial charge is 0.191 e. The van der Waals surface area contributed by atoms with Gasteiger partial charge in [-0.2, -0.15) is 11.8 Å². The van der Waals surface area contributed by atoms with Crippen molar-refractivity contribution in [2.75, 3.05) is 56.8 Å². The van der Waals surface area contributed by atoms with Crippen LogP contribution in [0.2, 0.25) is 0 Å². The van der Waals surface area contributed by atoms with Crippen LogP contribution in [-0.4, -0.2) is 62.8 Å². The van der Waals surface area contributed by atoms with Crippen molar-refractivity contribution in [3.05, 3.63) is 23.9 Å². The predicted molar refractivity (Wildman–Crippen MR) is 103 cm³/mol. The molecule has 2 rings (SSSR count). The molecule has 0 aliphatic carbocycles. The van der Waals surface area contributed by atoms with E-state index >= 15 is 0 Å². The SMILES string of the molecule is CN=C(NCCCCSC)NCc1cccnc1N1CCOCC1. The Labute approximate surface area is 149 Å². The summed E-state index contributed by atoms with van der Waals surface area (Å²) in [5, 5.41) is 6.77. The van der Waals surface area contributed by atoms with Gasteiger partial charge < -0.3 is 20.3 Å². The highest BCUT2D eigenvalue weighted by atomic mass is 32.2. The van der Waals surface area contributed by atoms with Gasteiger partial charge in [0.25, 0.3) is 0 Å². The molecule has 2 heterocycles. The van der Waals surface area contributed by atoms with E-state index in [1.165, 1.54) is 17.7 Å². The zero-order valence-electron chi connectivity index (χ0n) is 14.8. The summed E-state index contributed by atoms with van der Waals surface area (Å²) in [6, 6.07) is 4.11. The molecule has 1 aromatic rings. The first-order chi connectivity index (χ1) is 11.8. The molecule has 0 unspecified atom stereocenters. The van der Waals surface area contributed by atoms with Gasteiger partial charge in [0.15, 0.2) is 5.96 Å². The normalized spacial score (nSPS) is 15.4. The van der Waals surface area contributed by atoms with Crippen molar-refractivity contribution in [2.45, 2.75) is 19.4 Å². The Hall–Kier alpha value is -1.47. The number of guanidine groups is 1. The number of thioether (sulfide) groups is 1. The van der Waals surface area contributed by atoms with Gasteiger partial charge in [-0.25, -0.2) is 4.98 Å². The fourth-order valence-corrected chi connectivity index (χ4v) is 3.10. The largest absolute Gasteiger partial charge is 0.378 e. The number of hydrogen-bond acceptors (Lipinski definition) is 5. The molecule has 0 aromatic carbocycles. The molecule has 0 saturated carbocycles. The summed E-state index contributed by atoms with van der Waals surface area (Å²) in [6.45, 7) is 4.99. The van der Waals surface area contributed by atoms with Gasteiger partial charge in [-0.1, -0.05) is 6.07 Å². The average Bonchev–Trinajstić information content (AvgIpc) is 2.65. The summed E-state index contributed by atoms with van der Waals surface area (Å²) in [6.07, 6.45) is 6.39. The molecule has 0 radical (unpaired) electrons. The number of aliphatic imine (C=N–C) groups is 1. The fraction of sp³-hybridized carbons (Fsp3) is 0.647. The van der Waals surface area contributed by atoms with Gasteiger partial charge in [-0.05, 0) is 30.9 Å². The number of rotatable bonds is 8. The average molecular weight is 352 g/mol. The highest BCUT2D eigenvalue weighted by molar-refractivity contribution is 7.98. The van der Waals surface area contributed by atoms with E-state index in [1.54, 1.807) is 0 Å². The van der Waals surface area contributed by atoms with Crippen molar-refractivity contribution in [1.82, 2.24) is 15.6 Å². The van der Waals surface area contributed by atoms with E-state index in [0.717, 1.165) is 51.0 Å². The molecule has 7 heteroatoms. The number of morpholine rings is 1. The van der Waals surface area contributed by atoms with Crippen molar-refractivity contribution in [3.63, 3.8) is 0 Å². The molecule has 1 saturated heterocycles. The van der Waals surface area contributed by atoms with Crippen LogP contribution in [0.25, 0.3) is 0 Å². The molecule has 1 fully saturated rings. The van der Waals surface area contributed by atoms with Gasteiger partial charge in [0.2, 0.25) is 0 Å². The van der Waals surface area contributed by atoms with Crippen molar-refractivity contribution < 1.29 is 4.74 Å². The first-order valence-corrected chi connectivity index (χ1v) is 9.94. The number of unbranched alkanes of at least 4 members (excludes halogenated alkanes) is 1. The van der Waals surface area contributed by atoms with Crippen LogP contribution in [0.1, 0.15) is 18.4 Å². The first-order valence-electron chi connectivity index (χ1n) is 8.55. The fourth-order valence-electron chi connectivity index (χ4n) is 2.61. The number of nitrogens with zero attached hydrogens (tertiary/aromatic N) is 3. The number of pyridine rings is 1. The first kappa shape index (κ1) is 18.9. The van der Waals surface area contributed by atoms with Crippen LogP contribution < -0.4 is 15.5 Å². The van der Waals surface area contributed by atoms with E-state index in [4.69, 9.17) is 4.74 Å². The maximum Gasteiger partial charge on any atom is 0.191 e. The lowest BCUT2D eigenvalue weighted by molar-refractivity contribution is 0.122. The van der Waals surface area contributed by atoms with Gasteiger partial charge in [0, 0.05) is 45.0 Å². The van der Waals surface area contributed by atoms with Gasteiger partial charge in [-0.3, -0.25) is 4.99 Å². The van der Waals surface area contributed by atoms with E-state index in [-0.39, 0.29) is 0 Å². The maximum atomic E-state index is 5.43. The topological polar surface area (TPSA) is 61.8 Å². The van der Waals surface area contributed by atoms with Crippen LogP contribution in [0.3, 0.4) is 0 Å². The molecule has 1 aromatic heterocycles. The molecule has 1 aliphatic rings. The van der Waals surface area contributed by atoms with Gasteiger partial charge in [0.05, 0.1) is 13.2 Å². The molecule has 2 N–H and O–H groups in total. The third kappa shape index (κ3) is 6.20. The second-order valence-corrected chi connectivity index (χ2v) is 6.62. The Balaban J connectivity index is 1.84. The van der Waals surface area contributed by atoms with Gasteiger partial charge >= 0.3 is 0 Å². The van der Waals surface area contributed by atoms with Crippen molar-refractivity contribution in [2.24, 2.45) is 4.99 Å². The monoisotopic (exact) mass is 351 g/mol. The molecule has 6 nitrogen and oxygen atoms in total. The van der Waals surface area contributed by atoms with Gasteiger partial charge in [0.1, 0.15) is 5.82 Å². The number of hydrogen-bond donors (Lipinski definition) is 2. The van der Waals surface area contributed by atoms with Crippen molar-refractivity contribution >= 4 is 23.5 Å². The quantitative estimate of drug-likeness (QED) is 0.422. The molecular weight excluding hydrogens is 322 g/mol. The van der Waals surface area contributed by atoms with Crippen molar-refractivity contribution in [3.8, 4) is 0 Å².